The van der Waals surface area contributed by atoms with Crippen molar-refractivity contribution in [3.05, 3.63) is 57.3 Å². The molecule has 7 nitrogen and oxygen atoms in total. The first-order chi connectivity index (χ1) is 14.5. The zero-order chi connectivity index (χ0) is 21.5. The summed E-state index contributed by atoms with van der Waals surface area (Å²) in [5.41, 5.74) is 1.52. The van der Waals surface area contributed by atoms with Gasteiger partial charge >= 0.3 is 0 Å². The van der Waals surface area contributed by atoms with Crippen molar-refractivity contribution >= 4 is 29.2 Å². The Morgan fingerprint density at radius 2 is 1.93 bits per heavy atom. The van der Waals surface area contributed by atoms with Crippen molar-refractivity contribution in [2.75, 3.05) is 11.9 Å². The van der Waals surface area contributed by atoms with Crippen LogP contribution in [0.5, 0.6) is 11.5 Å². The first kappa shape index (κ1) is 22.1. The van der Waals surface area contributed by atoms with Crippen molar-refractivity contribution in [1.82, 2.24) is 20.2 Å². The van der Waals surface area contributed by atoms with Gasteiger partial charge in [-0.3, -0.25) is 0 Å². The predicted molar refractivity (Wildman–Crippen MR) is 114 cm³/mol. The van der Waals surface area contributed by atoms with E-state index in [0.717, 1.165) is 18.5 Å². The molecular formula is C20H22Cl2FN5O2. The number of nitrogens with zero attached hydrogens (tertiary/aromatic N) is 4. The molecule has 0 saturated heterocycles. The third kappa shape index (κ3) is 5.52. The highest BCUT2D eigenvalue weighted by molar-refractivity contribution is 6.32. The SMILES string of the molecule is CCCn1nnnc1NCc1cc(Cl)c(OCc2ccc(F)cc2Cl)c(OCC)c1. The van der Waals surface area contributed by atoms with Crippen molar-refractivity contribution in [3.63, 3.8) is 0 Å². The molecule has 160 valence electrons. The molecule has 1 aromatic heterocycles. The Morgan fingerprint density at radius 3 is 2.67 bits per heavy atom. The Labute approximate surface area is 184 Å². The second-order valence-electron chi connectivity index (χ2n) is 6.44. The third-order valence-electron chi connectivity index (χ3n) is 4.17. The topological polar surface area (TPSA) is 74.1 Å². The summed E-state index contributed by atoms with van der Waals surface area (Å²) in [7, 11) is 0. The molecule has 30 heavy (non-hydrogen) atoms. The molecule has 1 heterocycles. The number of anilines is 1. The summed E-state index contributed by atoms with van der Waals surface area (Å²) >= 11 is 12.5. The number of rotatable bonds is 10. The first-order valence-electron chi connectivity index (χ1n) is 9.53. The largest absolute Gasteiger partial charge is 0.490 e. The van der Waals surface area contributed by atoms with Gasteiger partial charge in [-0.05, 0) is 53.6 Å². The normalized spacial score (nSPS) is 10.8. The maximum atomic E-state index is 13.2. The lowest BCUT2D eigenvalue weighted by Gasteiger charge is -2.16. The smallest absolute Gasteiger partial charge is 0.243 e. The van der Waals surface area contributed by atoms with Crippen LogP contribution in [0.2, 0.25) is 10.0 Å². The van der Waals surface area contributed by atoms with Crippen LogP contribution in [0.3, 0.4) is 0 Å². The zero-order valence-electron chi connectivity index (χ0n) is 16.7. The number of benzene rings is 2. The maximum absolute atomic E-state index is 13.2. The lowest BCUT2D eigenvalue weighted by Crippen LogP contribution is -2.09. The second kappa shape index (κ2) is 10.4. The monoisotopic (exact) mass is 453 g/mol. The molecule has 0 aliphatic carbocycles. The van der Waals surface area contributed by atoms with Crippen LogP contribution in [0.4, 0.5) is 10.3 Å². The molecule has 2 aromatic carbocycles. The Morgan fingerprint density at radius 1 is 1.10 bits per heavy atom. The molecule has 10 heteroatoms. The van der Waals surface area contributed by atoms with Crippen LogP contribution in [-0.4, -0.2) is 26.8 Å². The van der Waals surface area contributed by atoms with E-state index in [1.807, 2.05) is 13.0 Å². The van der Waals surface area contributed by atoms with Gasteiger partial charge in [0.25, 0.3) is 0 Å². The highest BCUT2D eigenvalue weighted by Crippen LogP contribution is 2.37. The van der Waals surface area contributed by atoms with E-state index in [0.29, 0.717) is 41.2 Å². The van der Waals surface area contributed by atoms with E-state index in [1.54, 1.807) is 16.8 Å². The van der Waals surface area contributed by atoms with Gasteiger partial charge in [0.15, 0.2) is 11.5 Å². The third-order valence-corrected chi connectivity index (χ3v) is 4.81. The van der Waals surface area contributed by atoms with E-state index in [9.17, 15) is 4.39 Å². The second-order valence-corrected chi connectivity index (χ2v) is 7.26. The molecular weight excluding hydrogens is 432 g/mol. The molecule has 3 aromatic rings. The fourth-order valence-electron chi connectivity index (χ4n) is 2.79. The van der Waals surface area contributed by atoms with E-state index in [-0.39, 0.29) is 11.6 Å². The number of halogens is 3. The summed E-state index contributed by atoms with van der Waals surface area (Å²) in [4.78, 5) is 0. The van der Waals surface area contributed by atoms with E-state index in [2.05, 4.69) is 27.8 Å². The molecule has 0 aliphatic heterocycles. The van der Waals surface area contributed by atoms with Gasteiger partial charge in [-0.15, -0.1) is 0 Å². The van der Waals surface area contributed by atoms with Gasteiger partial charge in [-0.2, -0.15) is 0 Å². The lowest BCUT2D eigenvalue weighted by molar-refractivity contribution is 0.269. The average Bonchev–Trinajstić information content (AvgIpc) is 3.15. The van der Waals surface area contributed by atoms with Crippen LogP contribution < -0.4 is 14.8 Å². The maximum Gasteiger partial charge on any atom is 0.243 e. The average molecular weight is 454 g/mol. The van der Waals surface area contributed by atoms with Gasteiger partial charge in [0, 0.05) is 18.7 Å². The van der Waals surface area contributed by atoms with Crippen LogP contribution in [-0.2, 0) is 19.7 Å². The van der Waals surface area contributed by atoms with E-state index in [4.69, 9.17) is 32.7 Å². The van der Waals surface area contributed by atoms with Crippen LogP contribution in [0.15, 0.2) is 30.3 Å². The summed E-state index contributed by atoms with van der Waals surface area (Å²) in [5, 5.41) is 15.5. The Balaban J connectivity index is 1.75. The number of aromatic nitrogens is 4. The molecule has 0 aliphatic rings. The van der Waals surface area contributed by atoms with Crippen molar-refractivity contribution < 1.29 is 13.9 Å². The summed E-state index contributed by atoms with van der Waals surface area (Å²) in [6, 6.07) is 7.78. The fourth-order valence-corrected chi connectivity index (χ4v) is 3.30. The van der Waals surface area contributed by atoms with E-state index in [1.165, 1.54) is 12.1 Å². The Kier molecular flexibility index (Phi) is 7.70. The highest BCUT2D eigenvalue weighted by Gasteiger charge is 2.15. The van der Waals surface area contributed by atoms with E-state index < -0.39 is 5.82 Å². The Bertz CT molecular complexity index is 999. The number of nitrogens with one attached hydrogen (secondary N) is 1. The molecule has 0 spiro atoms. The summed E-state index contributed by atoms with van der Waals surface area (Å²) in [6.07, 6.45) is 0.921. The number of hydrogen-bond acceptors (Lipinski definition) is 6. The molecule has 3 rings (SSSR count). The number of ether oxygens (including phenoxy) is 2. The molecule has 0 atom stereocenters. The minimum absolute atomic E-state index is 0.127. The van der Waals surface area contributed by atoms with Crippen LogP contribution in [0.1, 0.15) is 31.4 Å². The summed E-state index contributed by atoms with van der Waals surface area (Å²) in [6.45, 7) is 5.67. The van der Waals surface area contributed by atoms with Gasteiger partial charge in [0.1, 0.15) is 12.4 Å². The van der Waals surface area contributed by atoms with E-state index >= 15 is 0 Å². The molecule has 0 amide bonds. The number of hydrogen-bond donors (Lipinski definition) is 1. The van der Waals surface area contributed by atoms with Gasteiger partial charge in [0.2, 0.25) is 5.95 Å². The fraction of sp³-hybridized carbons (Fsp3) is 0.350. The summed E-state index contributed by atoms with van der Waals surface area (Å²) in [5.74, 6) is 1.09. The molecule has 0 unspecified atom stereocenters. The molecule has 0 radical (unpaired) electrons. The van der Waals surface area contributed by atoms with Gasteiger partial charge in [0.05, 0.1) is 16.7 Å². The molecule has 0 fully saturated rings. The Hall–Kier alpha value is -2.58. The minimum atomic E-state index is -0.404. The van der Waals surface area contributed by atoms with Gasteiger partial charge < -0.3 is 14.8 Å². The lowest BCUT2D eigenvalue weighted by atomic mass is 10.2. The zero-order valence-corrected chi connectivity index (χ0v) is 18.2. The van der Waals surface area contributed by atoms with Gasteiger partial charge in [-0.25, -0.2) is 9.07 Å². The quantitative estimate of drug-likeness (QED) is 0.459. The van der Waals surface area contributed by atoms with Crippen LogP contribution in [0.25, 0.3) is 0 Å². The van der Waals surface area contributed by atoms with Crippen molar-refractivity contribution in [2.45, 2.75) is 40.0 Å². The van der Waals surface area contributed by atoms with Crippen molar-refractivity contribution in [3.8, 4) is 11.5 Å². The molecule has 1 N–H and O–H groups in total. The highest BCUT2D eigenvalue weighted by atomic mass is 35.5. The van der Waals surface area contributed by atoms with Crippen molar-refractivity contribution in [1.29, 1.82) is 0 Å². The first-order valence-corrected chi connectivity index (χ1v) is 10.3. The standard InChI is InChI=1S/C20H22Cl2FN5O2/c1-3-7-28-20(25-26-27-28)24-11-13-8-17(22)19(18(9-13)29-4-2)30-12-14-5-6-15(23)10-16(14)21/h5-6,8-10H,3-4,7,11-12H2,1-2H3,(H,24,25,27). The minimum Gasteiger partial charge on any atom is -0.490 e. The predicted octanol–water partition coefficient (Wildman–Crippen LogP) is 5.12. The number of tetrazole rings is 1. The van der Waals surface area contributed by atoms with Crippen LogP contribution >= 0.6 is 23.2 Å². The molecule has 0 bridgehead atoms. The van der Waals surface area contributed by atoms with Gasteiger partial charge in [-0.1, -0.05) is 41.3 Å². The molecule has 0 saturated carbocycles. The number of aryl methyl sites for hydroxylation is 1. The van der Waals surface area contributed by atoms with Crippen molar-refractivity contribution in [2.24, 2.45) is 0 Å². The summed E-state index contributed by atoms with van der Waals surface area (Å²) < 4.78 is 26.5. The van der Waals surface area contributed by atoms with Crippen LogP contribution in [0, 0.1) is 5.82 Å².